The van der Waals surface area contributed by atoms with Crippen molar-refractivity contribution in [3.63, 3.8) is 0 Å². The first-order chi connectivity index (χ1) is 11.1. The molecule has 1 aromatic heterocycles. The number of likely N-dealkylation sites (tertiary alicyclic amines) is 1. The van der Waals surface area contributed by atoms with Crippen molar-refractivity contribution < 1.29 is 9.90 Å². The first kappa shape index (κ1) is 16.0. The summed E-state index contributed by atoms with van der Waals surface area (Å²) < 4.78 is 0. The van der Waals surface area contributed by atoms with Gasteiger partial charge in [-0.2, -0.15) is 0 Å². The summed E-state index contributed by atoms with van der Waals surface area (Å²) in [6, 6.07) is 5.47. The maximum Gasteiger partial charge on any atom is 0.321 e. The smallest absolute Gasteiger partial charge is 0.321 e. The van der Waals surface area contributed by atoms with Crippen molar-refractivity contribution in [1.82, 2.24) is 9.88 Å². The summed E-state index contributed by atoms with van der Waals surface area (Å²) in [6.45, 7) is 3.43. The minimum atomic E-state index is -0.132. The van der Waals surface area contributed by atoms with Gasteiger partial charge in [-0.15, -0.1) is 0 Å². The minimum absolute atomic E-state index is 0.132. The highest BCUT2D eigenvalue weighted by Gasteiger charge is 2.22. The number of para-hydroxylation sites is 1. The molecule has 1 aliphatic rings. The zero-order valence-corrected chi connectivity index (χ0v) is 13.8. The van der Waals surface area contributed by atoms with Crippen LogP contribution in [0.4, 0.5) is 10.5 Å². The second-order valence-electron chi connectivity index (χ2n) is 6.00. The van der Waals surface area contributed by atoms with Crippen LogP contribution in [0, 0.1) is 12.8 Å². The van der Waals surface area contributed by atoms with Crippen molar-refractivity contribution in [3.8, 4) is 0 Å². The Morgan fingerprint density at radius 2 is 2.17 bits per heavy atom. The number of halogens is 1. The number of hydrogen-bond donors (Lipinski definition) is 2. The molecule has 1 aromatic carbocycles. The van der Waals surface area contributed by atoms with Crippen molar-refractivity contribution in [2.24, 2.45) is 5.92 Å². The molecule has 3 rings (SSSR count). The number of amides is 2. The van der Waals surface area contributed by atoms with Crippen LogP contribution in [-0.2, 0) is 0 Å². The molecule has 23 heavy (non-hydrogen) atoms. The molecule has 1 fully saturated rings. The molecule has 0 saturated carbocycles. The SMILES string of the molecule is Cc1cnc2c(NC(=O)N3CCC(CO)CC3)cccc2c1Cl. The van der Waals surface area contributed by atoms with E-state index in [9.17, 15) is 9.90 Å². The summed E-state index contributed by atoms with van der Waals surface area (Å²) in [5.41, 5.74) is 2.27. The lowest BCUT2D eigenvalue weighted by molar-refractivity contribution is 0.143. The Bertz CT molecular complexity index is 727. The van der Waals surface area contributed by atoms with Crippen molar-refractivity contribution in [1.29, 1.82) is 0 Å². The number of rotatable bonds is 2. The summed E-state index contributed by atoms with van der Waals surface area (Å²) in [6.07, 6.45) is 3.39. The third kappa shape index (κ3) is 3.26. The lowest BCUT2D eigenvalue weighted by atomic mass is 9.98. The summed E-state index contributed by atoms with van der Waals surface area (Å²) >= 11 is 6.33. The molecule has 0 atom stereocenters. The molecule has 0 spiro atoms. The predicted octanol–water partition coefficient (Wildman–Crippen LogP) is 3.43. The Kier molecular flexibility index (Phi) is 4.68. The molecule has 2 amide bonds. The largest absolute Gasteiger partial charge is 0.396 e. The predicted molar refractivity (Wildman–Crippen MR) is 91.9 cm³/mol. The summed E-state index contributed by atoms with van der Waals surface area (Å²) in [5.74, 6) is 0.306. The fourth-order valence-corrected chi connectivity index (χ4v) is 3.11. The molecule has 2 heterocycles. The molecule has 1 saturated heterocycles. The monoisotopic (exact) mass is 333 g/mol. The van der Waals surface area contributed by atoms with Crippen molar-refractivity contribution >= 4 is 34.2 Å². The van der Waals surface area contributed by atoms with Gasteiger partial charge >= 0.3 is 6.03 Å². The lowest BCUT2D eigenvalue weighted by Gasteiger charge is -2.31. The molecule has 2 N–H and O–H groups in total. The fraction of sp³-hybridized carbons (Fsp3) is 0.412. The third-order valence-corrected chi connectivity index (χ3v) is 4.91. The van der Waals surface area contributed by atoms with Crippen LogP contribution in [0.25, 0.3) is 10.9 Å². The van der Waals surface area contributed by atoms with Gasteiger partial charge in [-0.3, -0.25) is 4.98 Å². The number of hydrogen-bond acceptors (Lipinski definition) is 3. The summed E-state index contributed by atoms with van der Waals surface area (Å²) in [5, 5.41) is 13.6. The van der Waals surface area contributed by atoms with Crippen molar-refractivity contribution in [2.45, 2.75) is 19.8 Å². The number of nitrogens with one attached hydrogen (secondary N) is 1. The van der Waals surface area contributed by atoms with E-state index in [4.69, 9.17) is 11.6 Å². The molecular formula is C17H20ClN3O2. The maximum absolute atomic E-state index is 12.4. The topological polar surface area (TPSA) is 65.5 Å². The van der Waals surface area contributed by atoms with E-state index in [1.807, 2.05) is 25.1 Å². The van der Waals surface area contributed by atoms with Crippen molar-refractivity contribution in [3.05, 3.63) is 35.0 Å². The molecule has 1 aliphatic heterocycles. The zero-order valence-electron chi connectivity index (χ0n) is 13.1. The van der Waals surface area contributed by atoms with Crippen LogP contribution in [0.2, 0.25) is 5.02 Å². The van der Waals surface area contributed by atoms with Crippen LogP contribution in [0.1, 0.15) is 18.4 Å². The van der Waals surface area contributed by atoms with E-state index in [0.29, 0.717) is 35.2 Å². The van der Waals surface area contributed by atoms with Gasteiger partial charge in [0.25, 0.3) is 0 Å². The van der Waals surface area contributed by atoms with E-state index < -0.39 is 0 Å². The first-order valence-corrected chi connectivity index (χ1v) is 8.18. The molecule has 2 aromatic rings. The van der Waals surface area contributed by atoms with Gasteiger partial charge in [-0.1, -0.05) is 23.7 Å². The Morgan fingerprint density at radius 3 is 2.87 bits per heavy atom. The standard InChI is InChI=1S/C17H20ClN3O2/c1-11-9-19-16-13(15(11)18)3-2-4-14(16)20-17(23)21-7-5-12(10-22)6-8-21/h2-4,9,12,22H,5-8,10H2,1H3,(H,20,23). The molecule has 122 valence electrons. The highest BCUT2D eigenvalue weighted by Crippen LogP contribution is 2.30. The van der Waals surface area contributed by atoms with Gasteiger partial charge < -0.3 is 15.3 Å². The second-order valence-corrected chi connectivity index (χ2v) is 6.38. The number of anilines is 1. The number of carbonyl (C=O) groups is 1. The van der Waals surface area contributed by atoms with E-state index in [0.717, 1.165) is 23.8 Å². The molecule has 0 aliphatic carbocycles. The van der Waals surface area contributed by atoms with Crippen LogP contribution in [-0.4, -0.2) is 40.7 Å². The average Bonchev–Trinajstić information content (AvgIpc) is 2.58. The number of pyridine rings is 1. The van der Waals surface area contributed by atoms with Crippen LogP contribution in [0.5, 0.6) is 0 Å². The Balaban J connectivity index is 1.79. The third-order valence-electron chi connectivity index (χ3n) is 4.41. The number of nitrogens with zero attached hydrogens (tertiary/aromatic N) is 2. The highest BCUT2D eigenvalue weighted by atomic mass is 35.5. The zero-order chi connectivity index (χ0) is 16.4. The Hall–Kier alpha value is -1.85. The van der Waals surface area contributed by atoms with Crippen LogP contribution < -0.4 is 5.32 Å². The Morgan fingerprint density at radius 1 is 1.43 bits per heavy atom. The number of piperidine rings is 1. The second kappa shape index (κ2) is 6.72. The first-order valence-electron chi connectivity index (χ1n) is 7.80. The maximum atomic E-state index is 12.4. The number of carbonyl (C=O) groups excluding carboxylic acids is 1. The number of aryl methyl sites for hydroxylation is 1. The number of fused-ring (bicyclic) bond motifs is 1. The fourth-order valence-electron chi connectivity index (χ4n) is 2.90. The van der Waals surface area contributed by atoms with E-state index in [-0.39, 0.29) is 12.6 Å². The number of urea groups is 1. The summed E-state index contributed by atoms with van der Waals surface area (Å²) in [4.78, 5) is 18.6. The van der Waals surface area contributed by atoms with E-state index in [2.05, 4.69) is 10.3 Å². The number of aromatic nitrogens is 1. The number of aliphatic hydroxyl groups excluding tert-OH is 1. The van der Waals surface area contributed by atoms with Gasteiger partial charge in [0.05, 0.1) is 16.2 Å². The summed E-state index contributed by atoms with van der Waals surface area (Å²) in [7, 11) is 0. The van der Waals surface area contributed by atoms with Gasteiger partial charge in [0, 0.05) is 31.3 Å². The molecule has 0 radical (unpaired) electrons. The van der Waals surface area contributed by atoms with E-state index in [1.54, 1.807) is 11.1 Å². The van der Waals surface area contributed by atoms with Gasteiger partial charge in [0.2, 0.25) is 0 Å². The Labute approximate surface area is 140 Å². The minimum Gasteiger partial charge on any atom is -0.396 e. The molecule has 0 unspecified atom stereocenters. The number of benzene rings is 1. The highest BCUT2D eigenvalue weighted by molar-refractivity contribution is 6.36. The molecule has 5 nitrogen and oxygen atoms in total. The van der Waals surface area contributed by atoms with E-state index in [1.165, 1.54) is 0 Å². The lowest BCUT2D eigenvalue weighted by Crippen LogP contribution is -2.41. The quantitative estimate of drug-likeness (QED) is 0.884. The van der Waals surface area contributed by atoms with E-state index >= 15 is 0 Å². The van der Waals surface area contributed by atoms with Gasteiger partial charge in [0.1, 0.15) is 0 Å². The van der Waals surface area contributed by atoms with Crippen LogP contribution in [0.3, 0.4) is 0 Å². The van der Waals surface area contributed by atoms with Gasteiger partial charge in [0.15, 0.2) is 0 Å². The van der Waals surface area contributed by atoms with Crippen LogP contribution >= 0.6 is 11.6 Å². The molecule has 0 bridgehead atoms. The normalized spacial score (nSPS) is 15.9. The van der Waals surface area contributed by atoms with Gasteiger partial charge in [-0.25, -0.2) is 4.79 Å². The van der Waals surface area contributed by atoms with Gasteiger partial charge in [-0.05, 0) is 37.3 Å². The average molecular weight is 334 g/mol. The number of aliphatic hydroxyl groups is 1. The van der Waals surface area contributed by atoms with Crippen LogP contribution in [0.15, 0.2) is 24.4 Å². The van der Waals surface area contributed by atoms with Crippen molar-refractivity contribution in [2.75, 3.05) is 25.0 Å². The molecular weight excluding hydrogens is 314 g/mol. The molecule has 6 heteroatoms.